The Kier molecular flexibility index (Phi) is 4.39. The molecule has 15 heavy (non-hydrogen) atoms. The van der Waals surface area contributed by atoms with Crippen LogP contribution in [0.3, 0.4) is 0 Å². The molecule has 84 valence electrons. The van der Waals surface area contributed by atoms with Gasteiger partial charge in [-0.2, -0.15) is 0 Å². The fourth-order valence-electron chi connectivity index (χ4n) is 1.22. The largest absolute Gasteiger partial charge is 0.504 e. The molecular weight excluding hydrogens is 194 g/mol. The lowest BCUT2D eigenvalue weighted by Gasteiger charge is -2.07. The Hall–Kier alpha value is -1.26. The van der Waals surface area contributed by atoms with Crippen molar-refractivity contribution in [1.29, 1.82) is 0 Å². The average Bonchev–Trinajstić information content (AvgIpc) is 2.18. The number of nitrogens with one attached hydrogen (secondary N) is 1. The number of aromatic hydroxyl groups is 2. The maximum atomic E-state index is 9.23. The molecule has 0 spiro atoms. The third kappa shape index (κ3) is 4.18. The SMILES string of the molecule is CC(O)CCNCc1ccc(O)c(O)c1. The Morgan fingerprint density at radius 3 is 2.60 bits per heavy atom. The van der Waals surface area contributed by atoms with Crippen molar-refractivity contribution in [3.05, 3.63) is 23.8 Å². The van der Waals surface area contributed by atoms with Gasteiger partial charge in [-0.25, -0.2) is 0 Å². The van der Waals surface area contributed by atoms with Gasteiger partial charge in [-0.3, -0.25) is 0 Å². The Morgan fingerprint density at radius 1 is 1.27 bits per heavy atom. The molecule has 4 nitrogen and oxygen atoms in total. The van der Waals surface area contributed by atoms with Crippen LogP contribution >= 0.6 is 0 Å². The predicted molar refractivity (Wildman–Crippen MR) is 57.8 cm³/mol. The number of rotatable bonds is 5. The van der Waals surface area contributed by atoms with Gasteiger partial charge >= 0.3 is 0 Å². The predicted octanol–water partition coefficient (Wildman–Crippen LogP) is 0.958. The van der Waals surface area contributed by atoms with Crippen LogP contribution in [0.15, 0.2) is 18.2 Å². The van der Waals surface area contributed by atoms with Gasteiger partial charge in [-0.1, -0.05) is 6.07 Å². The molecule has 0 fully saturated rings. The number of aliphatic hydroxyl groups excluding tert-OH is 1. The standard InChI is InChI=1S/C11H17NO3/c1-8(13)4-5-12-7-9-2-3-10(14)11(15)6-9/h2-3,6,8,12-15H,4-5,7H2,1H3. The van der Waals surface area contributed by atoms with Gasteiger partial charge in [0.05, 0.1) is 6.10 Å². The van der Waals surface area contributed by atoms with E-state index in [9.17, 15) is 5.11 Å². The zero-order valence-corrected chi connectivity index (χ0v) is 8.77. The van der Waals surface area contributed by atoms with Crippen LogP contribution in [0.4, 0.5) is 0 Å². The molecule has 1 atom stereocenters. The minimum Gasteiger partial charge on any atom is -0.504 e. The van der Waals surface area contributed by atoms with Crippen LogP contribution in [0.5, 0.6) is 11.5 Å². The normalized spacial score (nSPS) is 12.7. The van der Waals surface area contributed by atoms with Crippen molar-refractivity contribution in [3.8, 4) is 11.5 Å². The van der Waals surface area contributed by atoms with Crippen molar-refractivity contribution in [3.63, 3.8) is 0 Å². The Balaban J connectivity index is 2.35. The highest BCUT2D eigenvalue weighted by atomic mass is 16.3. The molecule has 1 aromatic rings. The van der Waals surface area contributed by atoms with Gasteiger partial charge in [-0.05, 0) is 37.6 Å². The monoisotopic (exact) mass is 211 g/mol. The van der Waals surface area contributed by atoms with Crippen LogP contribution < -0.4 is 5.32 Å². The van der Waals surface area contributed by atoms with Gasteiger partial charge in [0.1, 0.15) is 0 Å². The van der Waals surface area contributed by atoms with E-state index < -0.39 is 0 Å². The summed E-state index contributed by atoms with van der Waals surface area (Å²) in [4.78, 5) is 0. The lowest BCUT2D eigenvalue weighted by atomic mass is 10.2. The molecule has 1 rings (SSSR count). The lowest BCUT2D eigenvalue weighted by molar-refractivity contribution is 0.183. The van der Waals surface area contributed by atoms with E-state index in [0.717, 1.165) is 12.1 Å². The van der Waals surface area contributed by atoms with E-state index in [0.29, 0.717) is 13.0 Å². The van der Waals surface area contributed by atoms with Crippen molar-refractivity contribution in [1.82, 2.24) is 5.32 Å². The molecule has 1 aromatic carbocycles. The number of aliphatic hydroxyl groups is 1. The number of phenols is 2. The van der Waals surface area contributed by atoms with E-state index in [1.54, 1.807) is 13.0 Å². The highest BCUT2D eigenvalue weighted by molar-refractivity contribution is 5.40. The van der Waals surface area contributed by atoms with Gasteiger partial charge < -0.3 is 20.6 Å². The molecule has 0 bridgehead atoms. The van der Waals surface area contributed by atoms with Crippen molar-refractivity contribution >= 4 is 0 Å². The summed E-state index contributed by atoms with van der Waals surface area (Å²) in [6.45, 7) is 3.08. The summed E-state index contributed by atoms with van der Waals surface area (Å²) < 4.78 is 0. The van der Waals surface area contributed by atoms with E-state index in [-0.39, 0.29) is 17.6 Å². The first-order chi connectivity index (χ1) is 7.09. The molecule has 0 amide bonds. The Labute approximate surface area is 89.2 Å². The maximum Gasteiger partial charge on any atom is 0.157 e. The molecule has 4 N–H and O–H groups in total. The molecular formula is C11H17NO3. The zero-order chi connectivity index (χ0) is 11.3. The maximum absolute atomic E-state index is 9.23. The van der Waals surface area contributed by atoms with E-state index in [1.807, 2.05) is 0 Å². The molecule has 0 aliphatic rings. The molecule has 0 saturated heterocycles. The summed E-state index contributed by atoms with van der Waals surface area (Å²) in [7, 11) is 0. The summed E-state index contributed by atoms with van der Waals surface area (Å²) in [6, 6.07) is 4.72. The average molecular weight is 211 g/mol. The Bertz CT molecular complexity index is 313. The van der Waals surface area contributed by atoms with Crippen molar-refractivity contribution in [2.45, 2.75) is 26.0 Å². The number of hydrogen-bond acceptors (Lipinski definition) is 4. The molecule has 0 heterocycles. The summed E-state index contributed by atoms with van der Waals surface area (Å²) in [5.74, 6) is -0.215. The van der Waals surface area contributed by atoms with Gasteiger partial charge in [0.25, 0.3) is 0 Å². The van der Waals surface area contributed by atoms with Crippen molar-refractivity contribution < 1.29 is 15.3 Å². The molecule has 0 aliphatic carbocycles. The first kappa shape index (κ1) is 11.8. The van der Waals surface area contributed by atoms with Crippen LogP contribution in [-0.4, -0.2) is 28.0 Å². The number of phenolic OH excluding ortho intramolecular Hbond substituents is 2. The second kappa shape index (κ2) is 5.58. The molecule has 0 aliphatic heterocycles. The summed E-state index contributed by atoms with van der Waals surface area (Å²) in [5, 5.41) is 30.5. The van der Waals surface area contributed by atoms with E-state index in [4.69, 9.17) is 10.2 Å². The quantitative estimate of drug-likeness (QED) is 0.432. The van der Waals surface area contributed by atoms with Crippen LogP contribution in [0, 0.1) is 0 Å². The Morgan fingerprint density at radius 2 is 2.00 bits per heavy atom. The van der Waals surface area contributed by atoms with Gasteiger partial charge in [-0.15, -0.1) is 0 Å². The van der Waals surface area contributed by atoms with Crippen LogP contribution in [0.25, 0.3) is 0 Å². The molecule has 4 heteroatoms. The minimum absolute atomic E-state index is 0.107. The minimum atomic E-state index is -0.300. The third-order valence-corrected chi connectivity index (χ3v) is 2.11. The van der Waals surface area contributed by atoms with E-state index >= 15 is 0 Å². The molecule has 0 radical (unpaired) electrons. The molecule has 0 saturated carbocycles. The number of hydrogen-bond donors (Lipinski definition) is 4. The van der Waals surface area contributed by atoms with Crippen LogP contribution in [-0.2, 0) is 6.54 Å². The summed E-state index contributed by atoms with van der Waals surface area (Å²) in [6.07, 6.45) is 0.398. The van der Waals surface area contributed by atoms with Gasteiger partial charge in [0.15, 0.2) is 11.5 Å². The van der Waals surface area contributed by atoms with Gasteiger partial charge in [0.2, 0.25) is 0 Å². The smallest absolute Gasteiger partial charge is 0.157 e. The van der Waals surface area contributed by atoms with Crippen molar-refractivity contribution in [2.75, 3.05) is 6.54 Å². The fraction of sp³-hybridized carbons (Fsp3) is 0.455. The van der Waals surface area contributed by atoms with Crippen LogP contribution in [0.1, 0.15) is 18.9 Å². The lowest BCUT2D eigenvalue weighted by Crippen LogP contribution is -2.18. The molecule has 1 unspecified atom stereocenters. The fourth-order valence-corrected chi connectivity index (χ4v) is 1.22. The van der Waals surface area contributed by atoms with E-state index in [1.165, 1.54) is 12.1 Å². The second-order valence-corrected chi connectivity index (χ2v) is 3.64. The highest BCUT2D eigenvalue weighted by Crippen LogP contribution is 2.24. The summed E-state index contributed by atoms with van der Waals surface area (Å²) in [5.41, 5.74) is 0.899. The second-order valence-electron chi connectivity index (χ2n) is 3.64. The van der Waals surface area contributed by atoms with Crippen LogP contribution in [0.2, 0.25) is 0 Å². The molecule has 0 aromatic heterocycles. The topological polar surface area (TPSA) is 72.7 Å². The first-order valence-electron chi connectivity index (χ1n) is 4.99. The van der Waals surface area contributed by atoms with Crippen molar-refractivity contribution in [2.24, 2.45) is 0 Å². The zero-order valence-electron chi connectivity index (χ0n) is 8.77. The first-order valence-corrected chi connectivity index (χ1v) is 4.99. The number of benzene rings is 1. The summed E-state index contributed by atoms with van der Waals surface area (Å²) >= 11 is 0. The van der Waals surface area contributed by atoms with Gasteiger partial charge in [0, 0.05) is 6.54 Å². The van der Waals surface area contributed by atoms with E-state index in [2.05, 4.69) is 5.32 Å². The highest BCUT2D eigenvalue weighted by Gasteiger charge is 2.00. The third-order valence-electron chi connectivity index (χ3n) is 2.11.